The lowest BCUT2D eigenvalue weighted by Crippen LogP contribution is -2.33. The second-order valence-electron chi connectivity index (χ2n) is 7.56. The maximum Gasteiger partial charge on any atom is 0.120 e. The van der Waals surface area contributed by atoms with Crippen LogP contribution in [-0.2, 0) is 6.42 Å². The van der Waals surface area contributed by atoms with Crippen molar-refractivity contribution in [1.82, 2.24) is 14.8 Å². The van der Waals surface area contributed by atoms with Gasteiger partial charge in [-0.1, -0.05) is 6.92 Å². The average molecular weight is 344 g/mol. The van der Waals surface area contributed by atoms with Gasteiger partial charge in [0.05, 0.1) is 12.6 Å². The predicted molar refractivity (Wildman–Crippen MR) is 106 cm³/mol. The summed E-state index contributed by atoms with van der Waals surface area (Å²) in [5, 5.41) is 5.00. The summed E-state index contributed by atoms with van der Waals surface area (Å²) in [6.07, 6.45) is 8.56. The number of fused-ring (bicyclic) bond motifs is 1. The van der Waals surface area contributed by atoms with Crippen molar-refractivity contribution in [3.63, 3.8) is 0 Å². The van der Waals surface area contributed by atoms with Crippen molar-refractivity contribution in [3.05, 3.63) is 30.0 Å². The number of benzene rings is 1. The standard InChI is InChI=1S/C21H33N3O/c1-5-22-17-6-8-18(9-7-17)24-15-16(12-13-23(2)3)20-11-10-19(25-4)14-21(20)24/h10-11,14-15,17-18,22H,5-9,12-13H2,1-4H3. The Balaban J connectivity index is 1.88. The lowest BCUT2D eigenvalue weighted by molar-refractivity contribution is 0.298. The Morgan fingerprint density at radius 3 is 2.60 bits per heavy atom. The molecular formula is C21H33N3O. The minimum Gasteiger partial charge on any atom is -0.497 e. The van der Waals surface area contributed by atoms with Crippen molar-refractivity contribution in [2.24, 2.45) is 0 Å². The van der Waals surface area contributed by atoms with Gasteiger partial charge in [0.2, 0.25) is 0 Å². The highest BCUT2D eigenvalue weighted by Gasteiger charge is 2.23. The van der Waals surface area contributed by atoms with Gasteiger partial charge in [0, 0.05) is 36.3 Å². The smallest absolute Gasteiger partial charge is 0.120 e. The number of aromatic nitrogens is 1. The first-order valence-corrected chi connectivity index (χ1v) is 9.68. The van der Waals surface area contributed by atoms with Crippen molar-refractivity contribution >= 4 is 10.9 Å². The van der Waals surface area contributed by atoms with Gasteiger partial charge in [-0.25, -0.2) is 0 Å². The fourth-order valence-electron chi connectivity index (χ4n) is 4.12. The lowest BCUT2D eigenvalue weighted by Gasteiger charge is -2.30. The molecule has 138 valence electrons. The first-order valence-electron chi connectivity index (χ1n) is 9.68. The summed E-state index contributed by atoms with van der Waals surface area (Å²) in [7, 11) is 6.04. The van der Waals surface area contributed by atoms with Gasteiger partial charge >= 0.3 is 0 Å². The molecule has 1 saturated carbocycles. The number of methoxy groups -OCH3 is 1. The van der Waals surface area contributed by atoms with Crippen LogP contribution in [0.4, 0.5) is 0 Å². The normalized spacial score (nSPS) is 21.2. The quantitative estimate of drug-likeness (QED) is 0.828. The molecule has 25 heavy (non-hydrogen) atoms. The minimum absolute atomic E-state index is 0.609. The van der Waals surface area contributed by atoms with E-state index in [4.69, 9.17) is 4.74 Å². The Morgan fingerprint density at radius 1 is 1.20 bits per heavy atom. The number of hydrogen-bond acceptors (Lipinski definition) is 3. The third-order valence-electron chi connectivity index (χ3n) is 5.54. The van der Waals surface area contributed by atoms with Crippen molar-refractivity contribution in [1.29, 1.82) is 0 Å². The molecule has 1 fully saturated rings. The van der Waals surface area contributed by atoms with Gasteiger partial charge < -0.3 is 19.5 Å². The molecule has 0 unspecified atom stereocenters. The van der Waals surface area contributed by atoms with Crippen LogP contribution in [0.5, 0.6) is 5.75 Å². The van der Waals surface area contributed by atoms with Crippen LogP contribution in [0.25, 0.3) is 10.9 Å². The second-order valence-corrected chi connectivity index (χ2v) is 7.56. The van der Waals surface area contributed by atoms with Crippen LogP contribution in [0.1, 0.15) is 44.2 Å². The molecule has 1 heterocycles. The summed E-state index contributed by atoms with van der Waals surface area (Å²) in [4.78, 5) is 2.26. The number of likely N-dealkylation sites (N-methyl/N-ethyl adjacent to an activating group) is 1. The Labute approximate surface area is 152 Å². The number of hydrogen-bond donors (Lipinski definition) is 1. The zero-order chi connectivity index (χ0) is 17.8. The molecule has 4 heteroatoms. The fourth-order valence-corrected chi connectivity index (χ4v) is 4.12. The highest BCUT2D eigenvalue weighted by molar-refractivity contribution is 5.85. The number of ether oxygens (including phenoxy) is 1. The van der Waals surface area contributed by atoms with Crippen LogP contribution in [-0.4, -0.2) is 49.8 Å². The van der Waals surface area contributed by atoms with E-state index in [1.165, 1.54) is 42.1 Å². The first kappa shape index (κ1) is 18.3. The van der Waals surface area contributed by atoms with E-state index in [0.717, 1.165) is 25.3 Å². The van der Waals surface area contributed by atoms with Gasteiger partial charge in [-0.05, 0) is 70.4 Å². The summed E-state index contributed by atoms with van der Waals surface area (Å²) in [5.41, 5.74) is 2.79. The molecule has 1 aliphatic carbocycles. The molecule has 0 atom stereocenters. The monoisotopic (exact) mass is 343 g/mol. The largest absolute Gasteiger partial charge is 0.497 e. The van der Waals surface area contributed by atoms with E-state index in [-0.39, 0.29) is 0 Å². The SMILES string of the molecule is CCNC1CCC(n2cc(CCN(C)C)c3ccc(OC)cc32)CC1. The van der Waals surface area contributed by atoms with Gasteiger partial charge in [-0.15, -0.1) is 0 Å². The lowest BCUT2D eigenvalue weighted by atomic mass is 9.91. The van der Waals surface area contributed by atoms with Crippen LogP contribution in [0.2, 0.25) is 0 Å². The van der Waals surface area contributed by atoms with Crippen molar-refractivity contribution in [2.75, 3.05) is 34.3 Å². The summed E-state index contributed by atoms with van der Waals surface area (Å²) < 4.78 is 8.02. The van der Waals surface area contributed by atoms with Gasteiger partial charge in [-0.2, -0.15) is 0 Å². The van der Waals surface area contributed by atoms with Gasteiger partial charge in [0.1, 0.15) is 5.75 Å². The van der Waals surface area contributed by atoms with E-state index in [1.807, 2.05) is 0 Å². The number of nitrogens with zero attached hydrogens (tertiary/aromatic N) is 2. The van der Waals surface area contributed by atoms with E-state index in [1.54, 1.807) is 7.11 Å². The van der Waals surface area contributed by atoms with E-state index in [9.17, 15) is 0 Å². The molecule has 1 aliphatic rings. The molecule has 0 saturated heterocycles. The molecule has 0 amide bonds. The van der Waals surface area contributed by atoms with Crippen LogP contribution in [0.15, 0.2) is 24.4 Å². The molecule has 0 aliphatic heterocycles. The molecule has 0 spiro atoms. The number of rotatable bonds is 7. The Morgan fingerprint density at radius 2 is 1.96 bits per heavy atom. The fraction of sp³-hybridized carbons (Fsp3) is 0.619. The molecular weight excluding hydrogens is 310 g/mol. The van der Waals surface area contributed by atoms with Crippen LogP contribution >= 0.6 is 0 Å². The molecule has 0 bridgehead atoms. The van der Waals surface area contributed by atoms with E-state index >= 15 is 0 Å². The highest BCUT2D eigenvalue weighted by atomic mass is 16.5. The molecule has 2 aromatic rings. The van der Waals surface area contributed by atoms with E-state index in [0.29, 0.717) is 12.1 Å². The topological polar surface area (TPSA) is 29.4 Å². The van der Waals surface area contributed by atoms with Crippen LogP contribution in [0.3, 0.4) is 0 Å². The maximum atomic E-state index is 5.49. The van der Waals surface area contributed by atoms with E-state index in [2.05, 4.69) is 60.2 Å². The van der Waals surface area contributed by atoms with Gasteiger partial charge in [0.25, 0.3) is 0 Å². The van der Waals surface area contributed by atoms with Crippen molar-refractivity contribution in [2.45, 2.75) is 51.1 Å². The summed E-state index contributed by atoms with van der Waals surface area (Å²) in [6.45, 7) is 4.36. The van der Waals surface area contributed by atoms with Gasteiger partial charge in [0.15, 0.2) is 0 Å². The third-order valence-corrected chi connectivity index (χ3v) is 5.54. The summed E-state index contributed by atoms with van der Waals surface area (Å²) in [5.74, 6) is 0.951. The molecule has 1 aromatic carbocycles. The Kier molecular flexibility index (Phi) is 6.02. The van der Waals surface area contributed by atoms with Crippen molar-refractivity contribution in [3.8, 4) is 5.75 Å². The van der Waals surface area contributed by atoms with Crippen LogP contribution < -0.4 is 10.1 Å². The highest BCUT2D eigenvalue weighted by Crippen LogP contribution is 2.35. The van der Waals surface area contributed by atoms with Gasteiger partial charge in [-0.3, -0.25) is 0 Å². The second kappa shape index (κ2) is 8.24. The third kappa shape index (κ3) is 4.18. The first-order chi connectivity index (χ1) is 12.1. The predicted octanol–water partition coefficient (Wildman–Crippen LogP) is 3.85. The molecule has 1 N–H and O–H groups in total. The molecule has 4 nitrogen and oxygen atoms in total. The Bertz CT molecular complexity index is 684. The zero-order valence-electron chi connectivity index (χ0n) is 16.2. The molecule has 1 aromatic heterocycles. The molecule has 0 radical (unpaired) electrons. The molecule has 3 rings (SSSR count). The zero-order valence-corrected chi connectivity index (χ0v) is 16.2. The average Bonchev–Trinajstić information content (AvgIpc) is 2.98. The van der Waals surface area contributed by atoms with Crippen LogP contribution in [0, 0.1) is 0 Å². The summed E-state index contributed by atoms with van der Waals surface area (Å²) in [6, 6.07) is 7.85. The van der Waals surface area contributed by atoms with E-state index < -0.39 is 0 Å². The Hall–Kier alpha value is -1.52. The summed E-state index contributed by atoms with van der Waals surface area (Å²) >= 11 is 0. The van der Waals surface area contributed by atoms with Crippen molar-refractivity contribution < 1.29 is 4.74 Å². The maximum absolute atomic E-state index is 5.49. The number of nitrogens with one attached hydrogen (secondary N) is 1. The minimum atomic E-state index is 0.609.